The molecule has 1 amide bonds. The zero-order valence-electron chi connectivity index (χ0n) is 12.8. The number of aromatic nitrogens is 3. The number of esters is 1. The Balaban J connectivity index is 1.82. The lowest BCUT2D eigenvalue weighted by atomic mass is 10.2. The summed E-state index contributed by atoms with van der Waals surface area (Å²) in [6.45, 7) is 0. The number of hydrogen-bond acceptors (Lipinski definition) is 5. The molecule has 0 atom stereocenters. The summed E-state index contributed by atoms with van der Waals surface area (Å²) in [4.78, 5) is 28.1. The summed E-state index contributed by atoms with van der Waals surface area (Å²) in [5.41, 5.74) is 1.39. The van der Waals surface area contributed by atoms with Crippen LogP contribution in [-0.4, -0.2) is 33.8 Å². The van der Waals surface area contributed by atoms with Crippen LogP contribution in [0.5, 0.6) is 0 Å². The second-order valence-corrected chi connectivity index (χ2v) is 4.84. The standard InChI is InChI=1S/C17H14N4O3/c1-24-17(23)13-9-5-6-10-14(13)19-16(22)15-18-11-21(20-15)12-7-3-2-4-8-12/h2-11H,1H3,(H,19,22). The lowest BCUT2D eigenvalue weighted by Crippen LogP contribution is -2.17. The number of methoxy groups -OCH3 is 1. The molecule has 0 aliphatic carbocycles. The number of rotatable bonds is 4. The molecule has 0 aliphatic heterocycles. The van der Waals surface area contributed by atoms with Gasteiger partial charge in [0.1, 0.15) is 6.33 Å². The van der Waals surface area contributed by atoms with Crippen LogP contribution in [0.3, 0.4) is 0 Å². The van der Waals surface area contributed by atoms with Crippen LogP contribution in [0.2, 0.25) is 0 Å². The van der Waals surface area contributed by atoms with E-state index in [-0.39, 0.29) is 11.4 Å². The number of carbonyl (C=O) groups is 2. The predicted molar refractivity (Wildman–Crippen MR) is 87.1 cm³/mol. The van der Waals surface area contributed by atoms with Crippen molar-refractivity contribution >= 4 is 17.6 Å². The minimum atomic E-state index is -0.534. The number of hydrogen-bond donors (Lipinski definition) is 1. The molecular formula is C17H14N4O3. The van der Waals surface area contributed by atoms with Crippen LogP contribution in [0.15, 0.2) is 60.9 Å². The minimum Gasteiger partial charge on any atom is -0.465 e. The van der Waals surface area contributed by atoms with Crippen LogP contribution in [0.4, 0.5) is 5.69 Å². The fourth-order valence-electron chi connectivity index (χ4n) is 2.13. The molecule has 7 nitrogen and oxygen atoms in total. The van der Waals surface area contributed by atoms with Gasteiger partial charge in [0.05, 0.1) is 24.0 Å². The molecule has 7 heteroatoms. The molecule has 0 saturated carbocycles. The fourth-order valence-corrected chi connectivity index (χ4v) is 2.13. The normalized spacial score (nSPS) is 10.2. The number of benzene rings is 2. The van der Waals surface area contributed by atoms with E-state index in [1.807, 2.05) is 30.3 Å². The lowest BCUT2D eigenvalue weighted by Gasteiger charge is -2.07. The van der Waals surface area contributed by atoms with Gasteiger partial charge in [-0.25, -0.2) is 14.5 Å². The van der Waals surface area contributed by atoms with Crippen LogP contribution in [0.1, 0.15) is 21.0 Å². The van der Waals surface area contributed by atoms with E-state index in [2.05, 4.69) is 15.4 Å². The van der Waals surface area contributed by atoms with Gasteiger partial charge in [-0.15, -0.1) is 5.10 Å². The summed E-state index contributed by atoms with van der Waals surface area (Å²) in [5, 5.41) is 6.78. The van der Waals surface area contributed by atoms with Gasteiger partial charge in [-0.05, 0) is 24.3 Å². The van der Waals surface area contributed by atoms with E-state index in [9.17, 15) is 9.59 Å². The number of para-hydroxylation sites is 2. The first kappa shape index (κ1) is 15.4. The SMILES string of the molecule is COC(=O)c1ccccc1NC(=O)c1ncn(-c2ccccc2)n1. The van der Waals surface area contributed by atoms with Gasteiger partial charge in [0, 0.05) is 0 Å². The first-order valence-electron chi connectivity index (χ1n) is 7.15. The first-order valence-corrected chi connectivity index (χ1v) is 7.15. The molecule has 0 aliphatic rings. The number of ether oxygens (including phenoxy) is 1. The summed E-state index contributed by atoms with van der Waals surface area (Å²) < 4.78 is 6.20. The van der Waals surface area contributed by atoms with E-state index in [0.717, 1.165) is 5.69 Å². The fraction of sp³-hybridized carbons (Fsp3) is 0.0588. The average molecular weight is 322 g/mol. The molecule has 2 aromatic carbocycles. The van der Waals surface area contributed by atoms with Crippen molar-refractivity contribution in [2.45, 2.75) is 0 Å². The Morgan fingerprint density at radius 2 is 1.75 bits per heavy atom. The first-order chi connectivity index (χ1) is 11.7. The van der Waals surface area contributed by atoms with Crippen LogP contribution in [0.25, 0.3) is 5.69 Å². The van der Waals surface area contributed by atoms with E-state index >= 15 is 0 Å². The Labute approximate surface area is 137 Å². The third kappa shape index (κ3) is 3.14. The maximum absolute atomic E-state index is 12.3. The molecular weight excluding hydrogens is 308 g/mol. The third-order valence-electron chi connectivity index (χ3n) is 3.30. The van der Waals surface area contributed by atoms with Crippen LogP contribution in [-0.2, 0) is 4.74 Å². The highest BCUT2D eigenvalue weighted by Crippen LogP contribution is 2.16. The molecule has 0 unspecified atom stereocenters. The minimum absolute atomic E-state index is 0.00137. The second-order valence-electron chi connectivity index (χ2n) is 4.84. The Morgan fingerprint density at radius 3 is 2.50 bits per heavy atom. The van der Waals surface area contributed by atoms with Crippen molar-refractivity contribution in [3.63, 3.8) is 0 Å². The van der Waals surface area contributed by atoms with Gasteiger partial charge in [0.15, 0.2) is 0 Å². The molecule has 0 radical (unpaired) electrons. The molecule has 24 heavy (non-hydrogen) atoms. The van der Waals surface area contributed by atoms with Gasteiger partial charge in [0.2, 0.25) is 5.82 Å². The number of nitrogens with one attached hydrogen (secondary N) is 1. The highest BCUT2D eigenvalue weighted by atomic mass is 16.5. The zero-order valence-corrected chi connectivity index (χ0v) is 12.8. The van der Waals surface area contributed by atoms with E-state index < -0.39 is 11.9 Å². The van der Waals surface area contributed by atoms with Crippen molar-refractivity contribution < 1.29 is 14.3 Å². The second kappa shape index (κ2) is 6.74. The topological polar surface area (TPSA) is 86.1 Å². The number of anilines is 1. The van der Waals surface area contributed by atoms with E-state index in [4.69, 9.17) is 4.74 Å². The molecule has 0 bridgehead atoms. The van der Waals surface area contributed by atoms with Crippen molar-refractivity contribution in [3.05, 3.63) is 72.3 Å². The van der Waals surface area contributed by atoms with E-state index in [0.29, 0.717) is 5.69 Å². The molecule has 3 aromatic rings. The van der Waals surface area contributed by atoms with Gasteiger partial charge < -0.3 is 10.1 Å². The highest BCUT2D eigenvalue weighted by molar-refractivity contribution is 6.06. The smallest absolute Gasteiger partial charge is 0.339 e. The van der Waals surface area contributed by atoms with Crippen LogP contribution >= 0.6 is 0 Å². The van der Waals surface area contributed by atoms with E-state index in [1.165, 1.54) is 18.1 Å². The largest absolute Gasteiger partial charge is 0.465 e. The van der Waals surface area contributed by atoms with Crippen molar-refractivity contribution in [3.8, 4) is 5.69 Å². The molecule has 1 aromatic heterocycles. The Bertz CT molecular complexity index is 874. The zero-order chi connectivity index (χ0) is 16.9. The Kier molecular flexibility index (Phi) is 4.33. The average Bonchev–Trinajstić information content (AvgIpc) is 3.12. The van der Waals surface area contributed by atoms with Crippen molar-refractivity contribution in [2.75, 3.05) is 12.4 Å². The molecule has 1 heterocycles. The molecule has 1 N–H and O–H groups in total. The van der Waals surface area contributed by atoms with Gasteiger partial charge in [-0.3, -0.25) is 4.79 Å². The molecule has 0 saturated heterocycles. The quantitative estimate of drug-likeness (QED) is 0.745. The van der Waals surface area contributed by atoms with Gasteiger partial charge >= 0.3 is 5.97 Å². The molecule has 0 fully saturated rings. The van der Waals surface area contributed by atoms with Crippen molar-refractivity contribution in [1.82, 2.24) is 14.8 Å². The summed E-state index contributed by atoms with van der Waals surface area (Å²) in [7, 11) is 1.28. The summed E-state index contributed by atoms with van der Waals surface area (Å²) >= 11 is 0. The predicted octanol–water partition coefficient (Wildman–Crippen LogP) is 2.31. The number of nitrogens with zero attached hydrogens (tertiary/aromatic N) is 3. The van der Waals surface area contributed by atoms with Crippen molar-refractivity contribution in [1.29, 1.82) is 0 Å². The van der Waals surface area contributed by atoms with Gasteiger partial charge in [-0.2, -0.15) is 0 Å². The van der Waals surface area contributed by atoms with Gasteiger partial charge in [-0.1, -0.05) is 30.3 Å². The van der Waals surface area contributed by atoms with Gasteiger partial charge in [0.25, 0.3) is 5.91 Å². The highest BCUT2D eigenvalue weighted by Gasteiger charge is 2.17. The number of amides is 1. The Hall–Kier alpha value is -3.48. The van der Waals surface area contributed by atoms with Crippen molar-refractivity contribution in [2.24, 2.45) is 0 Å². The summed E-state index contributed by atoms with van der Waals surface area (Å²) in [6, 6.07) is 15.9. The maximum Gasteiger partial charge on any atom is 0.339 e. The molecule has 120 valence electrons. The maximum atomic E-state index is 12.3. The molecule has 0 spiro atoms. The van der Waals surface area contributed by atoms with E-state index in [1.54, 1.807) is 24.3 Å². The van der Waals surface area contributed by atoms with Crippen LogP contribution < -0.4 is 5.32 Å². The monoisotopic (exact) mass is 322 g/mol. The van der Waals surface area contributed by atoms with Crippen LogP contribution in [0, 0.1) is 0 Å². The lowest BCUT2D eigenvalue weighted by molar-refractivity contribution is 0.0602. The molecule has 3 rings (SSSR count). The summed E-state index contributed by atoms with van der Waals surface area (Å²) in [6.07, 6.45) is 1.45. The third-order valence-corrected chi connectivity index (χ3v) is 3.30. The Morgan fingerprint density at radius 1 is 1.04 bits per heavy atom. The summed E-state index contributed by atoms with van der Waals surface area (Å²) in [5.74, 6) is -1.05. The number of carbonyl (C=O) groups excluding carboxylic acids is 2.